The van der Waals surface area contributed by atoms with Crippen LogP contribution in [-0.4, -0.2) is 35.3 Å². The van der Waals surface area contributed by atoms with Gasteiger partial charge in [0.25, 0.3) is 0 Å². The Morgan fingerprint density at radius 3 is 1.93 bits per heavy atom. The summed E-state index contributed by atoms with van der Waals surface area (Å²) in [5.41, 5.74) is 0.331. The average molecular weight is 387 g/mol. The maximum absolute atomic E-state index is 10.2. The molecule has 1 aromatic rings. The average Bonchev–Trinajstić information content (AvgIpc) is 2.21. The Kier molecular flexibility index (Phi) is 8.92. The first-order chi connectivity index (χ1) is 6.72. The summed E-state index contributed by atoms with van der Waals surface area (Å²) in [6.45, 7) is 4.60. The molecule has 0 spiro atoms. The second kappa shape index (κ2) is 9.18. The van der Waals surface area contributed by atoms with Gasteiger partial charge < -0.3 is 5.11 Å². The number of hydrogen-bond acceptors (Lipinski definition) is 1. The minimum absolute atomic E-state index is 0.0494. The van der Waals surface area contributed by atoms with Crippen LogP contribution in [0, 0.1) is 0 Å². The maximum atomic E-state index is 10.2. The number of rotatable bonds is 3. The van der Waals surface area contributed by atoms with Gasteiger partial charge >= 0.3 is 52.0 Å². The van der Waals surface area contributed by atoms with E-state index in [1.54, 1.807) is 30.3 Å². The van der Waals surface area contributed by atoms with E-state index in [1.807, 2.05) is 0 Å². The summed E-state index contributed by atoms with van der Waals surface area (Å²) in [6.07, 6.45) is 0. The van der Waals surface area contributed by atoms with Crippen molar-refractivity contribution >= 4 is 30.2 Å². The van der Waals surface area contributed by atoms with Crippen LogP contribution in [-0.2, 0) is 0 Å². The second-order valence-electron chi connectivity index (χ2n) is 2.63. The van der Waals surface area contributed by atoms with Gasteiger partial charge in [0.15, 0.2) is 0 Å². The van der Waals surface area contributed by atoms with E-state index < -0.39 is 5.97 Å². The van der Waals surface area contributed by atoms with Gasteiger partial charge in [-0.15, -0.1) is 0 Å². The van der Waals surface area contributed by atoms with Crippen LogP contribution in [0.4, 0.5) is 0 Å². The molecule has 0 saturated heterocycles. The molecule has 0 saturated carbocycles. The summed E-state index contributed by atoms with van der Waals surface area (Å²) in [5, 5.41) is 8.38. The quantitative estimate of drug-likeness (QED) is 0.810. The summed E-state index contributed by atoms with van der Waals surface area (Å²) in [5.74, 6) is -0.879. The number of carbonyl (C=O) groups is 1. The van der Waals surface area contributed by atoms with E-state index in [4.69, 9.17) is 5.11 Å². The first-order valence-corrected chi connectivity index (χ1v) is 10.2. The Morgan fingerprint density at radius 2 is 1.71 bits per heavy atom. The molecular formula is C11H16O2Pb. The minimum atomic E-state index is -0.879. The molecule has 14 heavy (non-hydrogen) atoms. The maximum Gasteiger partial charge on any atom is 0.335 e. The molecule has 0 bridgehead atoms. The number of carboxylic acids is 1. The monoisotopic (exact) mass is 388 g/mol. The zero-order valence-electron chi connectivity index (χ0n) is 8.66. The molecule has 0 unspecified atom stereocenters. The Bertz CT molecular complexity index is 245. The van der Waals surface area contributed by atoms with Crippen molar-refractivity contribution in [2.75, 3.05) is 0 Å². The predicted molar refractivity (Wildman–Crippen MR) is 60.1 cm³/mol. The van der Waals surface area contributed by atoms with Crippen LogP contribution in [0.2, 0.25) is 7.96 Å². The Labute approximate surface area is 97.6 Å². The van der Waals surface area contributed by atoms with Crippen molar-refractivity contribution in [3.8, 4) is 0 Å². The molecule has 0 aliphatic carbocycles. The van der Waals surface area contributed by atoms with Crippen molar-refractivity contribution in [2.24, 2.45) is 0 Å². The molecule has 0 aliphatic rings. The fourth-order valence-corrected chi connectivity index (χ4v) is 2.77. The predicted octanol–water partition coefficient (Wildman–Crippen LogP) is 2.95. The van der Waals surface area contributed by atoms with E-state index in [0.717, 1.165) is 0 Å². The third-order valence-electron chi connectivity index (χ3n) is 1.52. The Morgan fingerprint density at radius 1 is 1.21 bits per heavy atom. The largest absolute Gasteiger partial charge is 0.478 e. The van der Waals surface area contributed by atoms with E-state index in [0.29, 0.717) is 5.56 Å². The van der Waals surface area contributed by atoms with Crippen LogP contribution in [0.15, 0.2) is 30.3 Å². The summed E-state index contributed by atoms with van der Waals surface area (Å²) < 4.78 is 3.08. The summed E-state index contributed by atoms with van der Waals surface area (Å²) in [6, 6.07) is 8.30. The van der Waals surface area contributed by atoms with E-state index >= 15 is 0 Å². The summed E-state index contributed by atoms with van der Waals surface area (Å²) >= 11 is 0.0494. The molecular weight excluding hydrogens is 371 g/mol. The van der Waals surface area contributed by atoms with Gasteiger partial charge in [-0.25, -0.2) is 4.79 Å². The third-order valence-corrected chi connectivity index (χ3v) is 5.41. The van der Waals surface area contributed by atoms with Crippen molar-refractivity contribution in [1.29, 1.82) is 0 Å². The molecule has 0 amide bonds. The van der Waals surface area contributed by atoms with Gasteiger partial charge in [-0.2, -0.15) is 0 Å². The van der Waals surface area contributed by atoms with Crippen LogP contribution >= 0.6 is 0 Å². The second-order valence-corrected chi connectivity index (χ2v) is 10.1. The van der Waals surface area contributed by atoms with Gasteiger partial charge in [-0.3, -0.25) is 0 Å². The van der Waals surface area contributed by atoms with Crippen LogP contribution < -0.4 is 0 Å². The van der Waals surface area contributed by atoms with Crippen LogP contribution in [0.5, 0.6) is 0 Å². The summed E-state index contributed by atoms with van der Waals surface area (Å²) in [4.78, 5) is 10.2. The fraction of sp³-hybridized carbons (Fsp3) is 0.364. The third kappa shape index (κ3) is 7.06. The molecule has 76 valence electrons. The molecule has 0 aromatic heterocycles. The number of benzene rings is 1. The van der Waals surface area contributed by atoms with Crippen LogP contribution in [0.25, 0.3) is 0 Å². The topological polar surface area (TPSA) is 37.3 Å². The van der Waals surface area contributed by atoms with E-state index in [-0.39, 0.29) is 24.2 Å². The molecule has 0 aliphatic heterocycles. The number of hydrogen-bond donors (Lipinski definition) is 1. The normalized spacial score (nSPS) is 8.71. The van der Waals surface area contributed by atoms with Crippen molar-refractivity contribution in [2.45, 2.75) is 21.8 Å². The number of aromatic carboxylic acids is 1. The van der Waals surface area contributed by atoms with Crippen LogP contribution in [0.3, 0.4) is 0 Å². The van der Waals surface area contributed by atoms with E-state index in [1.165, 1.54) is 7.96 Å². The molecule has 0 heterocycles. The molecule has 1 aromatic carbocycles. The Balaban J connectivity index is 0.000000292. The standard InChI is InChI=1S/C7H6O2.2C2H5.Pb/c8-7(9)6-4-2-1-3-5-6;2*1-2;/h1-5H,(H,8,9);2*1H2,2H3;. The van der Waals surface area contributed by atoms with Gasteiger partial charge in [0.05, 0.1) is 5.56 Å². The molecule has 0 fully saturated rings. The first kappa shape index (κ1) is 13.6. The van der Waals surface area contributed by atoms with E-state index in [9.17, 15) is 4.79 Å². The van der Waals surface area contributed by atoms with Crippen molar-refractivity contribution in [1.82, 2.24) is 0 Å². The molecule has 1 N–H and O–H groups in total. The Hall–Kier alpha value is -0.388. The smallest absolute Gasteiger partial charge is 0.335 e. The zero-order valence-corrected chi connectivity index (χ0v) is 12.5. The van der Waals surface area contributed by atoms with Gasteiger partial charge in [0.2, 0.25) is 0 Å². The van der Waals surface area contributed by atoms with Crippen molar-refractivity contribution in [3.63, 3.8) is 0 Å². The van der Waals surface area contributed by atoms with Crippen molar-refractivity contribution < 1.29 is 9.90 Å². The fourth-order valence-electron chi connectivity index (χ4n) is 0.831. The minimum Gasteiger partial charge on any atom is -0.478 e. The molecule has 3 heteroatoms. The van der Waals surface area contributed by atoms with E-state index in [2.05, 4.69) is 13.8 Å². The zero-order chi connectivity index (χ0) is 10.8. The SMILES string of the molecule is C[CH2][Pb][CH2]C.O=C(O)c1ccccc1. The molecule has 0 atom stereocenters. The van der Waals surface area contributed by atoms with Crippen LogP contribution in [0.1, 0.15) is 24.2 Å². The van der Waals surface area contributed by atoms with Gasteiger partial charge in [0.1, 0.15) is 0 Å². The summed E-state index contributed by atoms with van der Waals surface area (Å²) in [7, 11) is 0. The molecule has 2 nitrogen and oxygen atoms in total. The first-order valence-electron chi connectivity index (χ1n) is 4.71. The van der Waals surface area contributed by atoms with Gasteiger partial charge in [0, 0.05) is 0 Å². The molecule has 2 radical (unpaired) electrons. The number of carboxylic acid groups (broad SMARTS) is 1. The van der Waals surface area contributed by atoms with Gasteiger partial charge in [-0.1, -0.05) is 18.2 Å². The molecule has 1 rings (SSSR count). The van der Waals surface area contributed by atoms with Gasteiger partial charge in [-0.05, 0) is 12.1 Å². The van der Waals surface area contributed by atoms with Crippen molar-refractivity contribution in [3.05, 3.63) is 35.9 Å².